The highest BCUT2D eigenvalue weighted by atomic mass is 31.2. The van der Waals surface area contributed by atoms with Crippen LogP contribution in [0, 0.1) is 0 Å². The molecule has 0 radical (unpaired) electrons. The first-order valence-corrected chi connectivity index (χ1v) is 3.61. The quantitative estimate of drug-likeness (QED) is 0.144. The molecule has 0 rings (SSSR count). The molecule has 0 saturated carbocycles. The van der Waals surface area contributed by atoms with Crippen molar-refractivity contribution >= 4 is 21.7 Å². The molecular weight excluding hydrogens is 144 g/mol. The van der Waals surface area contributed by atoms with Crippen LogP contribution in [0.25, 0.3) is 0 Å². The molecule has 0 amide bonds. The molecule has 0 fully saturated rings. The molecule has 5 N–H and O–H groups in total. The molecule has 0 spiro atoms. The summed E-state index contributed by atoms with van der Waals surface area (Å²) in [6, 6.07) is 0. The van der Waals surface area contributed by atoms with Crippen molar-refractivity contribution in [1.29, 1.82) is 0 Å². The third kappa shape index (κ3) is 5.35. The van der Waals surface area contributed by atoms with E-state index in [1.54, 1.807) is 0 Å². The Balaban J connectivity index is 4.13. The molecule has 0 aliphatic heterocycles. The van der Waals surface area contributed by atoms with E-state index in [0.717, 1.165) is 0 Å². The van der Waals surface area contributed by atoms with Gasteiger partial charge in [-0.3, -0.25) is 0 Å². The fourth-order valence-corrected chi connectivity index (χ4v) is 0.571. The zero-order valence-electron chi connectivity index (χ0n) is 4.77. The highest BCUT2D eigenvalue weighted by Gasteiger charge is 2.09. The number of nitrogens with one attached hydrogen (secondary N) is 1. The van der Waals surface area contributed by atoms with Crippen molar-refractivity contribution in [2.75, 3.05) is 0 Å². The van der Waals surface area contributed by atoms with Crippen LogP contribution in [0.3, 0.4) is 0 Å². The van der Waals surface area contributed by atoms with Gasteiger partial charge in [0.15, 0.2) is 5.96 Å². The van der Waals surface area contributed by atoms with Gasteiger partial charge < -0.3 is 20.7 Å². The van der Waals surface area contributed by atoms with Crippen LogP contribution < -0.4 is 11.0 Å². The number of nitrogens with zero attached hydrogens (tertiary/aromatic N) is 1. The lowest BCUT2D eigenvalue weighted by Crippen LogP contribution is -2.28. The fraction of sp³-hybridized carbons (Fsp3) is 0. The minimum absolute atomic E-state index is 0.275. The Labute approximate surface area is 52.8 Å². The van der Waals surface area contributed by atoms with Gasteiger partial charge in [0, 0.05) is 0 Å². The van der Waals surface area contributed by atoms with E-state index >= 15 is 0 Å². The van der Waals surface area contributed by atoms with E-state index < -0.39 is 7.75 Å². The summed E-state index contributed by atoms with van der Waals surface area (Å²) < 4.78 is 12.8. The van der Waals surface area contributed by atoms with Crippen LogP contribution in [-0.4, -0.2) is 23.7 Å². The van der Waals surface area contributed by atoms with E-state index in [1.165, 1.54) is 7.98 Å². The Morgan fingerprint density at radius 3 is 2.33 bits per heavy atom. The minimum Gasteiger partial charge on any atom is -0.406 e. The van der Waals surface area contributed by atoms with Gasteiger partial charge in [-0.1, -0.05) is 0 Å². The fourth-order valence-electron chi connectivity index (χ4n) is 0.190. The molecule has 0 aromatic rings. The lowest BCUT2D eigenvalue weighted by atomic mass is 10.4. The molecule has 0 aromatic heterocycles. The number of hydrogen-bond donors (Lipinski definition) is 4. The molecule has 6 nitrogen and oxygen atoms in total. The second-order valence-corrected chi connectivity index (χ2v) is 2.48. The topological polar surface area (TPSA) is 108 Å². The summed E-state index contributed by atoms with van der Waals surface area (Å²) in [4.78, 5) is 16.2. The van der Waals surface area contributed by atoms with E-state index in [0.29, 0.717) is 0 Å². The number of hydrogen-bond acceptors (Lipinski definition) is 1. The van der Waals surface area contributed by atoms with Crippen molar-refractivity contribution in [2.45, 2.75) is 0 Å². The molecule has 0 saturated heterocycles. The first-order valence-electron chi connectivity index (χ1n) is 2.04. The van der Waals surface area contributed by atoms with E-state index in [9.17, 15) is 4.57 Å². The Kier molecular flexibility index (Phi) is 2.70. The average molecular weight is 151 g/mol. The van der Waals surface area contributed by atoms with Crippen LogP contribution in [0.2, 0.25) is 0 Å². The number of rotatable bonds is 1. The van der Waals surface area contributed by atoms with Crippen molar-refractivity contribution in [3.05, 3.63) is 0 Å². The van der Waals surface area contributed by atoms with Crippen LogP contribution in [0.15, 0.2) is 4.76 Å². The molecule has 9 heavy (non-hydrogen) atoms. The molecule has 52 valence electrons. The van der Waals surface area contributed by atoms with Gasteiger partial charge in [-0.05, 0) is 0 Å². The molecule has 0 bridgehead atoms. The van der Waals surface area contributed by atoms with Crippen LogP contribution in [0.4, 0.5) is 0 Å². The maximum absolute atomic E-state index is 9.99. The number of nitrogens with two attached hydrogens (primary N) is 1. The maximum Gasteiger partial charge on any atom is 0.451 e. The van der Waals surface area contributed by atoms with Gasteiger partial charge >= 0.3 is 7.75 Å². The van der Waals surface area contributed by atoms with E-state index in [1.807, 2.05) is 0 Å². The van der Waals surface area contributed by atoms with Gasteiger partial charge in [-0.2, -0.15) is 0 Å². The highest BCUT2D eigenvalue weighted by Crippen LogP contribution is 2.35. The minimum atomic E-state index is -4.34. The van der Waals surface area contributed by atoms with Gasteiger partial charge in [0.05, 0.1) is 0 Å². The van der Waals surface area contributed by atoms with Gasteiger partial charge in [0.25, 0.3) is 0 Å². The standard InChI is InChI=1S/CH7BN3O3P/c2-4-1(3)5-9(6,7)8/h2H2,(H5,3,4,5,6,7,8). The molecular formula is CH7BN3O3P. The molecule has 0 atom stereocenters. The van der Waals surface area contributed by atoms with E-state index in [2.05, 4.69) is 9.99 Å². The molecule has 0 aliphatic rings. The van der Waals surface area contributed by atoms with Gasteiger partial charge in [0.1, 0.15) is 0 Å². The van der Waals surface area contributed by atoms with Gasteiger partial charge in [-0.25, -0.2) is 4.57 Å². The predicted molar refractivity (Wildman–Crippen MR) is 35.3 cm³/mol. The first-order chi connectivity index (χ1) is 3.95. The van der Waals surface area contributed by atoms with Crippen LogP contribution in [0.1, 0.15) is 0 Å². The first kappa shape index (κ1) is 8.48. The summed E-state index contributed by atoms with van der Waals surface area (Å²) in [5, 5.41) is 2.26. The van der Waals surface area contributed by atoms with E-state index in [4.69, 9.17) is 15.5 Å². The summed E-state index contributed by atoms with van der Waals surface area (Å²) >= 11 is 0. The van der Waals surface area contributed by atoms with Gasteiger partial charge in [0.2, 0.25) is 7.98 Å². The summed E-state index contributed by atoms with van der Waals surface area (Å²) in [5.41, 5.74) is 4.91. The summed E-state index contributed by atoms with van der Waals surface area (Å²) in [6.45, 7) is 0. The average Bonchev–Trinajstić information content (AvgIpc) is 1.62. The monoisotopic (exact) mass is 151 g/mol. The Morgan fingerprint density at radius 2 is 2.22 bits per heavy atom. The Hall–Kier alpha value is -0.515. The Morgan fingerprint density at radius 1 is 1.78 bits per heavy atom. The third-order valence-corrected chi connectivity index (χ3v) is 0.970. The van der Waals surface area contributed by atoms with Crippen molar-refractivity contribution < 1.29 is 14.4 Å². The van der Waals surface area contributed by atoms with Crippen molar-refractivity contribution in [3.63, 3.8) is 0 Å². The summed E-state index contributed by atoms with van der Waals surface area (Å²) in [6.07, 6.45) is 0. The lowest BCUT2D eigenvalue weighted by molar-refractivity contribution is 0.375. The molecule has 0 heterocycles. The van der Waals surface area contributed by atoms with Crippen molar-refractivity contribution in [2.24, 2.45) is 10.5 Å². The Bertz CT molecular complexity index is 162. The molecule has 0 aliphatic carbocycles. The smallest absolute Gasteiger partial charge is 0.406 e. The second-order valence-electron chi connectivity index (χ2n) is 1.25. The normalized spacial score (nSPS) is 13.3. The largest absolute Gasteiger partial charge is 0.451 e. The zero-order valence-corrected chi connectivity index (χ0v) is 5.67. The predicted octanol–water partition coefficient (Wildman–Crippen LogP) is -2.47. The maximum atomic E-state index is 9.99. The summed E-state index contributed by atoms with van der Waals surface area (Å²) in [5.74, 6) is -0.275. The summed E-state index contributed by atoms with van der Waals surface area (Å²) in [7, 11) is -2.93. The van der Waals surface area contributed by atoms with Crippen LogP contribution >= 0.6 is 7.75 Å². The lowest BCUT2D eigenvalue weighted by Gasteiger charge is -1.98. The van der Waals surface area contributed by atoms with Crippen LogP contribution in [0.5, 0.6) is 0 Å². The van der Waals surface area contributed by atoms with Crippen molar-refractivity contribution in [1.82, 2.24) is 5.23 Å². The zero-order chi connectivity index (χ0) is 7.49. The third-order valence-electron chi connectivity index (χ3n) is 0.494. The second kappa shape index (κ2) is 2.86. The van der Waals surface area contributed by atoms with E-state index in [-0.39, 0.29) is 5.96 Å². The van der Waals surface area contributed by atoms with Gasteiger partial charge in [-0.15, -0.1) is 4.76 Å². The van der Waals surface area contributed by atoms with Crippen LogP contribution in [-0.2, 0) is 4.57 Å². The molecule has 0 aromatic carbocycles. The SMILES string of the molecule is BNC(N)=NP(=O)(O)O. The van der Waals surface area contributed by atoms with Crippen molar-refractivity contribution in [3.8, 4) is 0 Å². The highest BCUT2D eigenvalue weighted by molar-refractivity contribution is 7.50. The molecule has 8 heteroatoms. The number of guanidine groups is 1. The molecule has 0 unspecified atom stereocenters.